The summed E-state index contributed by atoms with van der Waals surface area (Å²) in [5.74, 6) is 1.87. The average molecular weight is 498 g/mol. The smallest absolute Gasteiger partial charge is 0.287 e. The van der Waals surface area contributed by atoms with E-state index in [0.717, 1.165) is 41.1 Å². The molecule has 0 saturated heterocycles. The van der Waals surface area contributed by atoms with Crippen LogP contribution in [0.25, 0.3) is 0 Å². The Morgan fingerprint density at radius 1 is 1.08 bits per heavy atom. The molecule has 6 heteroatoms. The Hall–Kier alpha value is -3.80. The van der Waals surface area contributed by atoms with Gasteiger partial charge in [0, 0.05) is 36.7 Å². The fourth-order valence-corrected chi connectivity index (χ4v) is 5.26. The minimum Gasteiger partial charge on any atom is -0.485 e. The van der Waals surface area contributed by atoms with E-state index in [1.54, 1.807) is 6.26 Å². The predicted octanol–water partition coefficient (Wildman–Crippen LogP) is 6.59. The lowest BCUT2D eigenvalue weighted by Gasteiger charge is -2.26. The van der Waals surface area contributed by atoms with Crippen molar-refractivity contribution in [3.05, 3.63) is 102 Å². The lowest BCUT2D eigenvalue weighted by molar-refractivity contribution is 0.0899. The van der Waals surface area contributed by atoms with Crippen LogP contribution in [0.5, 0.6) is 5.75 Å². The number of amides is 1. The van der Waals surface area contributed by atoms with Gasteiger partial charge >= 0.3 is 0 Å². The number of aromatic nitrogens is 1. The lowest BCUT2D eigenvalue weighted by atomic mass is 9.87. The summed E-state index contributed by atoms with van der Waals surface area (Å²) in [5.41, 5.74) is 3.06. The molecule has 2 aromatic heterocycles. The van der Waals surface area contributed by atoms with Crippen LogP contribution in [0.15, 0.2) is 83.6 Å². The number of hydrogen-bond donors (Lipinski definition) is 2. The second-order valence-corrected chi connectivity index (χ2v) is 9.92. The topological polar surface area (TPSA) is 76.4 Å². The molecule has 3 aromatic rings. The number of nitrogens with zero attached hydrogens (tertiary/aromatic N) is 1. The van der Waals surface area contributed by atoms with E-state index in [-0.39, 0.29) is 29.9 Å². The summed E-state index contributed by atoms with van der Waals surface area (Å²) in [5, 5.41) is 6.37. The van der Waals surface area contributed by atoms with Crippen LogP contribution in [0.4, 0.5) is 5.82 Å². The number of rotatable bonds is 8. The third-order valence-electron chi connectivity index (χ3n) is 7.41. The number of para-hydroxylation sites is 1. The molecule has 0 radical (unpaired) electrons. The molecule has 2 aliphatic carbocycles. The van der Waals surface area contributed by atoms with Gasteiger partial charge in [-0.3, -0.25) is 4.79 Å². The minimum absolute atomic E-state index is 0.0218. The number of nitrogens with one attached hydrogen (secondary N) is 2. The first-order chi connectivity index (χ1) is 18.1. The van der Waals surface area contributed by atoms with Crippen LogP contribution in [0.1, 0.15) is 78.1 Å². The number of carbonyl (C=O) groups excluding carboxylic acids is 1. The highest BCUT2D eigenvalue weighted by atomic mass is 16.5. The van der Waals surface area contributed by atoms with Gasteiger partial charge in [0.1, 0.15) is 17.7 Å². The van der Waals surface area contributed by atoms with Crippen molar-refractivity contribution in [1.29, 1.82) is 0 Å². The van der Waals surface area contributed by atoms with Gasteiger partial charge in [-0.2, -0.15) is 0 Å². The minimum atomic E-state index is -0.137. The number of anilines is 1. The third kappa shape index (κ3) is 5.79. The molecule has 2 heterocycles. The zero-order valence-corrected chi connectivity index (χ0v) is 21.5. The zero-order chi connectivity index (χ0) is 25.6. The maximum Gasteiger partial charge on any atom is 0.287 e. The molecule has 37 heavy (non-hydrogen) atoms. The maximum absolute atomic E-state index is 12.8. The standard InChI is InChI=1S/C31H35N3O3/c1-21(23-18-29(36-20-23)31(35)34-24-11-5-3-6-12-24)27-17-22(19-33-30(27)32-2)26-15-9-10-16-28(26)37-25-13-7-4-8-14-25/h4,7-10,13-21,24,26,28H,3,5-6,11-12H2,1-2H3,(H,32,33)(H,34,35). The Labute approximate surface area is 218 Å². The monoisotopic (exact) mass is 497 g/mol. The number of pyridine rings is 1. The molecule has 5 rings (SSSR count). The van der Waals surface area contributed by atoms with Gasteiger partial charge in [-0.05, 0) is 54.3 Å². The molecule has 1 aromatic carbocycles. The van der Waals surface area contributed by atoms with Crippen LogP contribution < -0.4 is 15.4 Å². The zero-order valence-electron chi connectivity index (χ0n) is 21.5. The quantitative estimate of drug-likeness (QED) is 0.367. The number of furan rings is 1. The Bertz CT molecular complexity index is 1260. The summed E-state index contributed by atoms with van der Waals surface area (Å²) in [6.07, 6.45) is 17.5. The first-order valence-electron chi connectivity index (χ1n) is 13.3. The van der Waals surface area contributed by atoms with Gasteiger partial charge in [0.15, 0.2) is 5.76 Å². The van der Waals surface area contributed by atoms with E-state index in [1.807, 2.05) is 55.7 Å². The molecule has 6 nitrogen and oxygen atoms in total. The summed E-state index contributed by atoms with van der Waals surface area (Å²) >= 11 is 0. The van der Waals surface area contributed by atoms with E-state index in [0.29, 0.717) is 5.76 Å². The summed E-state index contributed by atoms with van der Waals surface area (Å²) in [6, 6.07) is 14.2. The molecule has 0 bridgehead atoms. The Kier molecular flexibility index (Phi) is 7.73. The van der Waals surface area contributed by atoms with Crippen molar-refractivity contribution in [1.82, 2.24) is 10.3 Å². The van der Waals surface area contributed by atoms with E-state index >= 15 is 0 Å². The SMILES string of the molecule is CNc1ncc(C2C=CC=CC2Oc2ccccc2)cc1C(C)c1coc(C(=O)NC2CCCCC2)c1. The highest BCUT2D eigenvalue weighted by Gasteiger charge is 2.26. The molecular weight excluding hydrogens is 462 g/mol. The van der Waals surface area contributed by atoms with Crippen molar-refractivity contribution in [2.45, 2.75) is 63.0 Å². The average Bonchev–Trinajstić information content (AvgIpc) is 3.44. The van der Waals surface area contributed by atoms with Gasteiger partial charge in [0.25, 0.3) is 5.91 Å². The van der Waals surface area contributed by atoms with Crippen molar-refractivity contribution in [3.8, 4) is 5.75 Å². The first kappa shape index (κ1) is 24.9. The van der Waals surface area contributed by atoms with Gasteiger partial charge in [0.2, 0.25) is 0 Å². The molecule has 0 aliphatic heterocycles. The fraction of sp³-hybridized carbons (Fsp3) is 0.355. The van der Waals surface area contributed by atoms with Gasteiger partial charge in [-0.1, -0.05) is 62.6 Å². The van der Waals surface area contributed by atoms with Crippen molar-refractivity contribution in [2.24, 2.45) is 0 Å². The fourth-order valence-electron chi connectivity index (χ4n) is 5.26. The summed E-state index contributed by atoms with van der Waals surface area (Å²) in [4.78, 5) is 17.5. The molecule has 192 valence electrons. The maximum atomic E-state index is 12.8. The Morgan fingerprint density at radius 2 is 1.86 bits per heavy atom. The summed E-state index contributed by atoms with van der Waals surface area (Å²) in [6.45, 7) is 2.11. The molecule has 3 atom stereocenters. The van der Waals surface area contributed by atoms with Crippen LogP contribution in [-0.2, 0) is 0 Å². The lowest BCUT2D eigenvalue weighted by Crippen LogP contribution is -2.35. The van der Waals surface area contributed by atoms with E-state index in [4.69, 9.17) is 14.1 Å². The van der Waals surface area contributed by atoms with Gasteiger partial charge < -0.3 is 19.8 Å². The van der Waals surface area contributed by atoms with E-state index < -0.39 is 0 Å². The van der Waals surface area contributed by atoms with Crippen molar-refractivity contribution in [2.75, 3.05) is 12.4 Å². The van der Waals surface area contributed by atoms with Crippen LogP contribution in [0.2, 0.25) is 0 Å². The number of ether oxygens (including phenoxy) is 1. The molecule has 1 saturated carbocycles. The molecule has 2 aliphatic rings. The number of carbonyl (C=O) groups is 1. The molecule has 1 amide bonds. The van der Waals surface area contributed by atoms with Crippen molar-refractivity contribution in [3.63, 3.8) is 0 Å². The highest BCUT2D eigenvalue weighted by Crippen LogP contribution is 2.35. The Balaban J connectivity index is 1.36. The van der Waals surface area contributed by atoms with Gasteiger partial charge in [0.05, 0.1) is 6.26 Å². The third-order valence-corrected chi connectivity index (χ3v) is 7.41. The first-order valence-corrected chi connectivity index (χ1v) is 13.3. The van der Waals surface area contributed by atoms with E-state index in [2.05, 4.69) is 41.9 Å². The molecule has 3 unspecified atom stereocenters. The van der Waals surface area contributed by atoms with Gasteiger partial charge in [-0.25, -0.2) is 4.98 Å². The van der Waals surface area contributed by atoms with Crippen LogP contribution in [-0.4, -0.2) is 30.1 Å². The largest absolute Gasteiger partial charge is 0.485 e. The number of hydrogen-bond acceptors (Lipinski definition) is 5. The Morgan fingerprint density at radius 3 is 2.65 bits per heavy atom. The predicted molar refractivity (Wildman–Crippen MR) is 146 cm³/mol. The van der Waals surface area contributed by atoms with Crippen LogP contribution >= 0.6 is 0 Å². The second-order valence-electron chi connectivity index (χ2n) is 9.92. The van der Waals surface area contributed by atoms with Gasteiger partial charge in [-0.15, -0.1) is 0 Å². The van der Waals surface area contributed by atoms with E-state index in [1.165, 1.54) is 19.3 Å². The van der Waals surface area contributed by atoms with Crippen LogP contribution in [0, 0.1) is 0 Å². The molecule has 0 spiro atoms. The number of allylic oxidation sites excluding steroid dienone is 2. The van der Waals surface area contributed by atoms with Crippen molar-refractivity contribution >= 4 is 11.7 Å². The highest BCUT2D eigenvalue weighted by molar-refractivity contribution is 5.91. The van der Waals surface area contributed by atoms with Crippen molar-refractivity contribution < 1.29 is 13.9 Å². The summed E-state index contributed by atoms with van der Waals surface area (Å²) in [7, 11) is 1.88. The molecular formula is C31H35N3O3. The normalized spacial score (nSPS) is 20.4. The number of benzene rings is 1. The van der Waals surface area contributed by atoms with Crippen LogP contribution in [0.3, 0.4) is 0 Å². The molecule has 2 N–H and O–H groups in total. The van der Waals surface area contributed by atoms with E-state index in [9.17, 15) is 4.79 Å². The summed E-state index contributed by atoms with van der Waals surface area (Å²) < 4.78 is 12.0. The molecule has 1 fully saturated rings. The second kappa shape index (κ2) is 11.5.